The first-order valence-electron chi connectivity index (χ1n) is 11.4. The van der Waals surface area contributed by atoms with Crippen molar-refractivity contribution in [2.75, 3.05) is 0 Å². The van der Waals surface area contributed by atoms with Crippen molar-refractivity contribution < 1.29 is 23.8 Å². The zero-order valence-electron chi connectivity index (χ0n) is 18.8. The van der Waals surface area contributed by atoms with Crippen molar-refractivity contribution in [3.05, 3.63) is 126 Å². The van der Waals surface area contributed by atoms with Gasteiger partial charge in [0.2, 0.25) is 0 Å². The first-order chi connectivity index (χ1) is 17.0. The van der Waals surface area contributed by atoms with Crippen LogP contribution in [0.25, 0.3) is 11.1 Å². The van der Waals surface area contributed by atoms with Gasteiger partial charge in [0.05, 0.1) is 11.8 Å². The molecule has 1 aliphatic rings. The Hall–Kier alpha value is -4.25. The normalized spacial score (nSPS) is 21.1. The van der Waals surface area contributed by atoms with Gasteiger partial charge in [0.15, 0.2) is 0 Å². The van der Waals surface area contributed by atoms with Crippen molar-refractivity contribution in [3.63, 3.8) is 0 Å². The summed E-state index contributed by atoms with van der Waals surface area (Å²) in [6, 6.07) is 31.7. The number of carboxylic acid groups (broad SMARTS) is 1. The lowest BCUT2D eigenvalue weighted by Gasteiger charge is -2.48. The Labute approximate surface area is 202 Å². The van der Waals surface area contributed by atoms with E-state index in [2.05, 4.69) is 0 Å². The van der Waals surface area contributed by atoms with Crippen LogP contribution in [-0.4, -0.2) is 17.0 Å². The predicted octanol–water partition coefficient (Wildman–Crippen LogP) is 6.30. The van der Waals surface area contributed by atoms with Gasteiger partial charge in [0.25, 0.3) is 0 Å². The molecule has 1 N–H and O–H groups in total. The molecule has 0 radical (unpaired) electrons. The molecule has 1 fully saturated rings. The number of halogens is 1. The second-order valence-electron chi connectivity index (χ2n) is 8.72. The Morgan fingerprint density at radius 1 is 0.657 bits per heavy atom. The van der Waals surface area contributed by atoms with Crippen LogP contribution in [0.4, 0.5) is 4.39 Å². The van der Waals surface area contributed by atoms with E-state index >= 15 is 0 Å². The molecule has 4 aromatic carbocycles. The highest BCUT2D eigenvalue weighted by atomic mass is 19.1. The summed E-state index contributed by atoms with van der Waals surface area (Å²) in [7, 11) is 0. The quantitative estimate of drug-likeness (QED) is 0.268. The molecule has 1 aliphatic carbocycles. The van der Waals surface area contributed by atoms with E-state index in [0.717, 1.165) is 22.3 Å². The van der Waals surface area contributed by atoms with Crippen LogP contribution in [0.2, 0.25) is 0 Å². The molecule has 5 heteroatoms. The minimum absolute atomic E-state index is 0.326. The molecule has 1 saturated carbocycles. The molecular formula is C30H23FO4. The Morgan fingerprint density at radius 3 is 1.77 bits per heavy atom. The van der Waals surface area contributed by atoms with Gasteiger partial charge in [-0.25, -0.2) is 4.39 Å². The number of hydrogen-bond donors (Lipinski definition) is 1. The fraction of sp³-hybridized carbons (Fsp3) is 0.133. The van der Waals surface area contributed by atoms with Gasteiger partial charge in [-0.15, -0.1) is 0 Å². The molecule has 0 heterocycles. The minimum atomic E-state index is -0.935. The Balaban J connectivity index is 1.48. The molecule has 0 aromatic heterocycles. The van der Waals surface area contributed by atoms with Crippen LogP contribution in [0, 0.1) is 17.7 Å². The van der Waals surface area contributed by atoms with Gasteiger partial charge in [-0.05, 0) is 46.5 Å². The number of carboxylic acids is 1. The summed E-state index contributed by atoms with van der Waals surface area (Å²) in [6.45, 7) is 0. The van der Waals surface area contributed by atoms with Crippen LogP contribution in [0.5, 0.6) is 5.75 Å². The number of hydrogen-bond acceptors (Lipinski definition) is 3. The number of benzene rings is 4. The van der Waals surface area contributed by atoms with Gasteiger partial charge in [0, 0.05) is 11.8 Å². The highest BCUT2D eigenvalue weighted by Crippen LogP contribution is 2.58. The fourth-order valence-electron chi connectivity index (χ4n) is 5.09. The van der Waals surface area contributed by atoms with Crippen LogP contribution in [0.1, 0.15) is 23.0 Å². The Morgan fingerprint density at radius 2 is 1.23 bits per heavy atom. The second-order valence-corrected chi connectivity index (χ2v) is 8.72. The predicted molar refractivity (Wildman–Crippen MR) is 130 cm³/mol. The molecule has 0 amide bonds. The topological polar surface area (TPSA) is 63.6 Å². The molecular weight excluding hydrogens is 443 g/mol. The lowest BCUT2D eigenvalue weighted by atomic mass is 9.52. The number of rotatable bonds is 6. The lowest BCUT2D eigenvalue weighted by molar-refractivity contribution is -0.158. The standard InChI is InChI=1S/C30H23FO4/c31-23-16-14-19(15-17-23)22-12-7-13-24(18-22)35-30(34)28-25(20-8-3-1-4-9-20)27(29(32)33)26(28)21-10-5-2-6-11-21/h1-18,25-28H,(H,32,33)/t25-,26+,27?,28?. The number of esters is 1. The Bertz CT molecular complexity index is 1290. The summed E-state index contributed by atoms with van der Waals surface area (Å²) < 4.78 is 19.1. The molecule has 4 atom stereocenters. The van der Waals surface area contributed by atoms with Crippen molar-refractivity contribution in [2.24, 2.45) is 11.8 Å². The molecule has 5 rings (SSSR count). The minimum Gasteiger partial charge on any atom is -0.481 e. The summed E-state index contributed by atoms with van der Waals surface area (Å²) >= 11 is 0. The largest absolute Gasteiger partial charge is 0.481 e. The molecule has 0 aliphatic heterocycles. The molecule has 0 spiro atoms. The summed E-state index contributed by atoms with van der Waals surface area (Å²) in [5.74, 6) is -3.80. The molecule has 174 valence electrons. The number of carbonyl (C=O) groups excluding carboxylic acids is 1. The lowest BCUT2D eigenvalue weighted by Crippen LogP contribution is -2.52. The average molecular weight is 467 g/mol. The van der Waals surface area contributed by atoms with Gasteiger partial charge < -0.3 is 9.84 Å². The van der Waals surface area contributed by atoms with Crippen molar-refractivity contribution in [1.82, 2.24) is 0 Å². The molecule has 4 aromatic rings. The zero-order chi connectivity index (χ0) is 24.4. The van der Waals surface area contributed by atoms with Crippen molar-refractivity contribution >= 4 is 11.9 Å². The van der Waals surface area contributed by atoms with E-state index in [1.54, 1.807) is 30.3 Å². The summed E-state index contributed by atoms with van der Waals surface area (Å²) in [5, 5.41) is 10.1. The average Bonchev–Trinajstić information content (AvgIpc) is 2.85. The smallest absolute Gasteiger partial charge is 0.315 e. The van der Waals surface area contributed by atoms with Gasteiger partial charge in [0.1, 0.15) is 11.6 Å². The van der Waals surface area contributed by atoms with Gasteiger partial charge >= 0.3 is 11.9 Å². The summed E-state index contributed by atoms with van der Waals surface area (Å²) in [4.78, 5) is 25.9. The van der Waals surface area contributed by atoms with Crippen LogP contribution in [-0.2, 0) is 9.59 Å². The molecule has 0 saturated heterocycles. The summed E-state index contributed by atoms with van der Waals surface area (Å²) in [6.07, 6.45) is 0. The molecule has 35 heavy (non-hydrogen) atoms. The van der Waals surface area contributed by atoms with E-state index in [1.165, 1.54) is 12.1 Å². The SMILES string of the molecule is O=C(O)C1[C@@H](c2ccccc2)C(C(=O)Oc2cccc(-c3ccc(F)cc3)c2)[C@H]1c1ccccc1. The van der Waals surface area contributed by atoms with Crippen LogP contribution in [0.3, 0.4) is 0 Å². The highest BCUT2D eigenvalue weighted by Gasteiger charge is 2.59. The maximum Gasteiger partial charge on any atom is 0.315 e. The third kappa shape index (κ3) is 4.45. The first kappa shape index (κ1) is 22.5. The van der Waals surface area contributed by atoms with Gasteiger partial charge in [-0.3, -0.25) is 9.59 Å². The van der Waals surface area contributed by atoms with E-state index in [9.17, 15) is 19.1 Å². The van der Waals surface area contributed by atoms with E-state index < -0.39 is 35.6 Å². The monoisotopic (exact) mass is 466 g/mol. The van der Waals surface area contributed by atoms with E-state index in [1.807, 2.05) is 66.7 Å². The first-order valence-corrected chi connectivity index (χ1v) is 11.4. The molecule has 0 bridgehead atoms. The van der Waals surface area contributed by atoms with E-state index in [0.29, 0.717) is 5.75 Å². The number of ether oxygens (including phenoxy) is 1. The van der Waals surface area contributed by atoms with Crippen molar-refractivity contribution in [2.45, 2.75) is 11.8 Å². The molecule has 4 nitrogen and oxygen atoms in total. The van der Waals surface area contributed by atoms with Crippen LogP contribution >= 0.6 is 0 Å². The van der Waals surface area contributed by atoms with E-state index in [4.69, 9.17) is 4.74 Å². The maximum atomic E-state index is 13.6. The van der Waals surface area contributed by atoms with Gasteiger partial charge in [-0.2, -0.15) is 0 Å². The number of carbonyl (C=O) groups is 2. The molecule has 2 unspecified atom stereocenters. The highest BCUT2D eigenvalue weighted by molar-refractivity contribution is 5.86. The third-order valence-electron chi connectivity index (χ3n) is 6.70. The number of aliphatic carboxylic acids is 1. The van der Waals surface area contributed by atoms with Crippen LogP contribution in [0.15, 0.2) is 109 Å². The summed E-state index contributed by atoms with van der Waals surface area (Å²) in [5.41, 5.74) is 3.18. The van der Waals surface area contributed by atoms with Crippen molar-refractivity contribution in [1.29, 1.82) is 0 Å². The van der Waals surface area contributed by atoms with Crippen molar-refractivity contribution in [3.8, 4) is 16.9 Å². The zero-order valence-corrected chi connectivity index (χ0v) is 18.8. The van der Waals surface area contributed by atoms with Gasteiger partial charge in [-0.1, -0.05) is 84.9 Å². The second kappa shape index (κ2) is 9.55. The van der Waals surface area contributed by atoms with Crippen LogP contribution < -0.4 is 4.74 Å². The maximum absolute atomic E-state index is 13.6. The van der Waals surface area contributed by atoms with E-state index in [-0.39, 0.29) is 5.82 Å². The third-order valence-corrected chi connectivity index (χ3v) is 6.70. The fourth-order valence-corrected chi connectivity index (χ4v) is 5.09. The Kier molecular flexibility index (Phi) is 6.15.